The van der Waals surface area contributed by atoms with Gasteiger partial charge in [0.25, 0.3) is 0 Å². The smallest absolute Gasteiger partial charge is 0.339 e. The average molecular weight is 308 g/mol. The van der Waals surface area contributed by atoms with Crippen LogP contribution in [-0.4, -0.2) is 11.1 Å². The van der Waals surface area contributed by atoms with Gasteiger partial charge >= 0.3 is 5.97 Å². The molecule has 23 heavy (non-hydrogen) atoms. The molecule has 0 fully saturated rings. The van der Waals surface area contributed by atoms with Crippen LogP contribution in [-0.2, 0) is 0 Å². The SMILES string of the molecule is O=C(O)c1cc(-c2ccccc2)ccc1Oc1ccc(F)cc1. The van der Waals surface area contributed by atoms with E-state index in [1.165, 1.54) is 24.3 Å². The topological polar surface area (TPSA) is 46.5 Å². The molecule has 0 atom stereocenters. The highest BCUT2D eigenvalue weighted by molar-refractivity contribution is 5.92. The van der Waals surface area contributed by atoms with Crippen LogP contribution in [0.3, 0.4) is 0 Å². The van der Waals surface area contributed by atoms with E-state index in [0.717, 1.165) is 11.1 Å². The summed E-state index contributed by atoms with van der Waals surface area (Å²) in [6.07, 6.45) is 0. The van der Waals surface area contributed by atoms with Crippen LogP contribution in [0.25, 0.3) is 11.1 Å². The molecule has 0 heterocycles. The van der Waals surface area contributed by atoms with Gasteiger partial charge in [-0.25, -0.2) is 9.18 Å². The first kappa shape index (κ1) is 14.8. The normalized spacial score (nSPS) is 10.3. The Bertz CT molecular complexity index is 827. The van der Waals surface area contributed by atoms with E-state index in [1.54, 1.807) is 18.2 Å². The quantitative estimate of drug-likeness (QED) is 0.739. The van der Waals surface area contributed by atoms with Crippen molar-refractivity contribution in [3.63, 3.8) is 0 Å². The fourth-order valence-corrected chi connectivity index (χ4v) is 2.23. The van der Waals surface area contributed by atoms with Gasteiger partial charge in [-0.1, -0.05) is 36.4 Å². The van der Waals surface area contributed by atoms with Crippen molar-refractivity contribution in [1.29, 1.82) is 0 Å². The maximum atomic E-state index is 12.9. The second kappa shape index (κ2) is 6.32. The summed E-state index contributed by atoms with van der Waals surface area (Å²) in [7, 11) is 0. The van der Waals surface area contributed by atoms with Gasteiger partial charge in [0.05, 0.1) is 0 Å². The van der Waals surface area contributed by atoms with Crippen LogP contribution in [0.5, 0.6) is 11.5 Å². The third-order valence-corrected chi connectivity index (χ3v) is 3.36. The fourth-order valence-electron chi connectivity index (χ4n) is 2.23. The zero-order chi connectivity index (χ0) is 16.2. The minimum Gasteiger partial charge on any atom is -0.478 e. The van der Waals surface area contributed by atoms with Crippen molar-refractivity contribution < 1.29 is 19.0 Å². The van der Waals surface area contributed by atoms with Crippen LogP contribution < -0.4 is 4.74 Å². The zero-order valence-corrected chi connectivity index (χ0v) is 12.1. The monoisotopic (exact) mass is 308 g/mol. The Kier molecular flexibility index (Phi) is 4.06. The number of halogens is 1. The second-order valence-corrected chi connectivity index (χ2v) is 4.94. The van der Waals surface area contributed by atoms with Gasteiger partial charge in [0.2, 0.25) is 0 Å². The number of carboxylic acids is 1. The lowest BCUT2D eigenvalue weighted by molar-refractivity contribution is 0.0694. The summed E-state index contributed by atoms with van der Waals surface area (Å²) in [5, 5.41) is 9.42. The molecule has 114 valence electrons. The average Bonchev–Trinajstić information content (AvgIpc) is 2.58. The lowest BCUT2D eigenvalue weighted by atomic mass is 10.0. The summed E-state index contributed by atoms with van der Waals surface area (Å²) in [6.45, 7) is 0. The molecule has 1 N–H and O–H groups in total. The molecule has 0 aliphatic rings. The summed E-state index contributed by atoms with van der Waals surface area (Å²) < 4.78 is 18.5. The van der Waals surface area contributed by atoms with Crippen molar-refractivity contribution >= 4 is 5.97 Å². The summed E-state index contributed by atoms with van der Waals surface area (Å²) >= 11 is 0. The van der Waals surface area contributed by atoms with Gasteiger partial charge in [-0.3, -0.25) is 0 Å². The van der Waals surface area contributed by atoms with Gasteiger partial charge in [-0.15, -0.1) is 0 Å². The van der Waals surface area contributed by atoms with Crippen molar-refractivity contribution in [3.8, 4) is 22.6 Å². The molecule has 0 radical (unpaired) electrons. The lowest BCUT2D eigenvalue weighted by Crippen LogP contribution is -2.00. The summed E-state index contributed by atoms with van der Waals surface area (Å²) in [6, 6.07) is 19.9. The molecule has 3 nitrogen and oxygen atoms in total. The molecule has 0 aliphatic carbocycles. The van der Waals surface area contributed by atoms with Crippen molar-refractivity contribution in [3.05, 3.63) is 84.2 Å². The first-order chi connectivity index (χ1) is 11.1. The number of hydrogen-bond donors (Lipinski definition) is 1. The predicted molar refractivity (Wildman–Crippen MR) is 85.3 cm³/mol. The Hall–Kier alpha value is -3.14. The van der Waals surface area contributed by atoms with Crippen LogP contribution in [0.15, 0.2) is 72.8 Å². The Morgan fingerprint density at radius 3 is 2.22 bits per heavy atom. The van der Waals surface area contributed by atoms with E-state index in [9.17, 15) is 14.3 Å². The van der Waals surface area contributed by atoms with Crippen LogP contribution in [0.2, 0.25) is 0 Å². The van der Waals surface area contributed by atoms with E-state index in [1.807, 2.05) is 30.3 Å². The predicted octanol–water partition coefficient (Wildman–Crippen LogP) is 4.98. The van der Waals surface area contributed by atoms with Crippen molar-refractivity contribution in [1.82, 2.24) is 0 Å². The van der Waals surface area contributed by atoms with Crippen molar-refractivity contribution in [2.45, 2.75) is 0 Å². The molecule has 0 amide bonds. The molecular formula is C19H13FO3. The van der Waals surface area contributed by atoms with E-state index in [-0.39, 0.29) is 17.1 Å². The van der Waals surface area contributed by atoms with Crippen LogP contribution in [0, 0.1) is 5.82 Å². The Labute approximate surface area is 132 Å². The van der Waals surface area contributed by atoms with E-state index >= 15 is 0 Å². The summed E-state index contributed by atoms with van der Waals surface area (Å²) in [4.78, 5) is 11.5. The first-order valence-electron chi connectivity index (χ1n) is 7.00. The standard InChI is InChI=1S/C19H13FO3/c20-15-7-9-16(10-8-15)23-18-11-6-14(12-17(18)19(21)22)13-4-2-1-3-5-13/h1-12H,(H,21,22). The van der Waals surface area contributed by atoms with Gasteiger partial charge in [0.15, 0.2) is 0 Å². The Morgan fingerprint density at radius 1 is 0.870 bits per heavy atom. The second-order valence-electron chi connectivity index (χ2n) is 4.94. The van der Waals surface area contributed by atoms with Crippen LogP contribution >= 0.6 is 0 Å². The molecule has 4 heteroatoms. The molecule has 3 aromatic rings. The number of rotatable bonds is 4. The highest BCUT2D eigenvalue weighted by atomic mass is 19.1. The summed E-state index contributed by atoms with van der Waals surface area (Å²) in [5.41, 5.74) is 1.76. The number of ether oxygens (including phenoxy) is 1. The van der Waals surface area contributed by atoms with Crippen LogP contribution in [0.1, 0.15) is 10.4 Å². The number of aromatic carboxylic acids is 1. The maximum Gasteiger partial charge on any atom is 0.339 e. The van der Waals surface area contributed by atoms with Crippen molar-refractivity contribution in [2.75, 3.05) is 0 Å². The molecule has 0 saturated heterocycles. The summed E-state index contributed by atoms with van der Waals surface area (Å²) in [5.74, 6) is -0.875. The van der Waals surface area contributed by atoms with Gasteiger partial charge in [0.1, 0.15) is 22.9 Å². The van der Waals surface area contributed by atoms with Crippen LogP contribution in [0.4, 0.5) is 4.39 Å². The molecule has 0 bridgehead atoms. The minimum atomic E-state index is -1.08. The molecule has 3 aromatic carbocycles. The zero-order valence-electron chi connectivity index (χ0n) is 12.1. The largest absolute Gasteiger partial charge is 0.478 e. The highest BCUT2D eigenvalue weighted by Crippen LogP contribution is 2.30. The Morgan fingerprint density at radius 2 is 1.57 bits per heavy atom. The molecule has 3 rings (SSSR count). The minimum absolute atomic E-state index is 0.0516. The number of benzene rings is 3. The van der Waals surface area contributed by atoms with Gasteiger partial charge < -0.3 is 9.84 Å². The lowest BCUT2D eigenvalue weighted by Gasteiger charge is -2.11. The first-order valence-corrected chi connectivity index (χ1v) is 7.00. The molecule has 0 aromatic heterocycles. The fraction of sp³-hybridized carbons (Fsp3) is 0. The third-order valence-electron chi connectivity index (χ3n) is 3.36. The highest BCUT2D eigenvalue weighted by Gasteiger charge is 2.14. The van der Waals surface area contributed by atoms with E-state index in [4.69, 9.17) is 4.74 Å². The van der Waals surface area contributed by atoms with Gasteiger partial charge in [-0.05, 0) is 47.5 Å². The Balaban J connectivity index is 1.97. The van der Waals surface area contributed by atoms with E-state index < -0.39 is 5.97 Å². The molecule has 0 aliphatic heterocycles. The number of hydrogen-bond acceptors (Lipinski definition) is 2. The van der Waals surface area contributed by atoms with Gasteiger partial charge in [0, 0.05) is 0 Å². The molecule has 0 saturated carbocycles. The van der Waals surface area contributed by atoms with Gasteiger partial charge in [-0.2, -0.15) is 0 Å². The molecule has 0 unspecified atom stereocenters. The number of carboxylic acid groups (broad SMARTS) is 1. The van der Waals surface area contributed by atoms with E-state index in [2.05, 4.69) is 0 Å². The number of carbonyl (C=O) groups is 1. The molecule has 0 spiro atoms. The third kappa shape index (κ3) is 3.37. The molecular weight excluding hydrogens is 295 g/mol. The van der Waals surface area contributed by atoms with Crippen molar-refractivity contribution in [2.24, 2.45) is 0 Å². The van der Waals surface area contributed by atoms with E-state index in [0.29, 0.717) is 5.75 Å². The maximum absolute atomic E-state index is 12.9.